The molecule has 0 saturated carbocycles. The van der Waals surface area contributed by atoms with Gasteiger partial charge in [-0.05, 0) is 54.6 Å². The topological polar surface area (TPSA) is 90.3 Å². The molecule has 2 N–H and O–H groups in total. The second-order valence-electron chi connectivity index (χ2n) is 8.91. The Labute approximate surface area is 235 Å². The molecule has 0 spiro atoms. The normalized spacial score (nSPS) is 11.2. The van der Waals surface area contributed by atoms with Crippen molar-refractivity contribution in [2.75, 3.05) is 10.6 Å². The van der Waals surface area contributed by atoms with Gasteiger partial charge in [0.1, 0.15) is 23.1 Å². The summed E-state index contributed by atoms with van der Waals surface area (Å²) in [5, 5.41) is 8.73. The van der Waals surface area contributed by atoms with Crippen molar-refractivity contribution in [3.8, 4) is 34.3 Å². The van der Waals surface area contributed by atoms with E-state index in [0.717, 1.165) is 35.9 Å². The van der Waals surface area contributed by atoms with Crippen molar-refractivity contribution in [1.82, 2.24) is 14.8 Å². The number of carbonyl (C=O) groups is 1. The molecule has 0 aliphatic rings. The zero-order valence-electron chi connectivity index (χ0n) is 21.6. The van der Waals surface area contributed by atoms with Crippen molar-refractivity contribution in [3.05, 3.63) is 109 Å². The first-order chi connectivity index (χ1) is 20.0. The summed E-state index contributed by atoms with van der Waals surface area (Å²) in [5.41, 5.74) is -0.0201. The van der Waals surface area contributed by atoms with E-state index in [0.29, 0.717) is 17.5 Å². The van der Waals surface area contributed by atoms with E-state index in [4.69, 9.17) is 9.47 Å². The summed E-state index contributed by atoms with van der Waals surface area (Å²) in [6.07, 6.45) is 0.134. The molecule has 0 aliphatic carbocycles. The lowest BCUT2D eigenvalue weighted by Gasteiger charge is -2.14. The van der Waals surface area contributed by atoms with E-state index >= 15 is 0 Å². The molecule has 5 rings (SSSR count). The molecule has 0 bridgehead atoms. The van der Waals surface area contributed by atoms with Crippen molar-refractivity contribution in [2.24, 2.45) is 7.05 Å². The van der Waals surface area contributed by atoms with Crippen molar-refractivity contribution in [1.29, 1.82) is 0 Å². The molecule has 0 atom stereocenters. The molecule has 2 aromatic heterocycles. The summed E-state index contributed by atoms with van der Waals surface area (Å²) in [7, 11) is 1.76. The van der Waals surface area contributed by atoms with Crippen molar-refractivity contribution >= 4 is 17.4 Å². The van der Waals surface area contributed by atoms with E-state index in [2.05, 4.69) is 20.7 Å². The zero-order chi connectivity index (χ0) is 29.9. The molecular weight excluding hydrogens is 561 g/mol. The third-order valence-electron chi connectivity index (χ3n) is 5.69. The third kappa shape index (κ3) is 6.99. The minimum atomic E-state index is -4.75. The molecule has 2 amide bonds. The zero-order valence-corrected chi connectivity index (χ0v) is 21.6. The van der Waals surface area contributed by atoms with Crippen LogP contribution in [0.15, 0.2) is 91.4 Å². The number of anilines is 2. The number of pyridine rings is 1. The minimum Gasteiger partial charge on any atom is -0.457 e. The van der Waals surface area contributed by atoms with Crippen molar-refractivity contribution in [3.63, 3.8) is 0 Å². The highest BCUT2D eigenvalue weighted by molar-refractivity contribution is 6.00. The Morgan fingerprint density at radius 3 is 2.29 bits per heavy atom. The highest BCUT2D eigenvalue weighted by atomic mass is 19.4. The Bertz CT molecular complexity index is 1740. The second-order valence-corrected chi connectivity index (χ2v) is 8.91. The first-order valence-corrected chi connectivity index (χ1v) is 12.2. The number of urea groups is 1. The number of benzene rings is 3. The molecule has 0 saturated heterocycles. The summed E-state index contributed by atoms with van der Waals surface area (Å²) >= 11 is 0. The number of carbonyl (C=O) groups excluding carboxylic acids is 1. The minimum absolute atomic E-state index is 0.0119. The van der Waals surface area contributed by atoms with E-state index in [9.17, 15) is 26.7 Å². The molecule has 0 aliphatic heterocycles. The fraction of sp³-hybridized carbons (Fsp3) is 0.0690. The van der Waals surface area contributed by atoms with Crippen LogP contribution in [0.4, 0.5) is 38.1 Å². The van der Waals surface area contributed by atoms with Crippen molar-refractivity contribution < 1.29 is 36.2 Å². The van der Waals surface area contributed by atoms with Crippen LogP contribution in [0.5, 0.6) is 23.0 Å². The standard InChI is InChI=1S/C29H20F5N5O3/c1-39-16-17(15-36-39)26-14-23(8-9-35-26)42-27-7-4-20(13-25(27)31)37-28(40)38-21-10-18(29(32,33)34)11-24(12-21)41-22-5-2-19(30)3-6-22/h2-16H,1H3,(H2,37,38,40). The Morgan fingerprint density at radius 2 is 1.60 bits per heavy atom. The van der Waals surface area contributed by atoms with Crippen LogP contribution in [-0.2, 0) is 13.2 Å². The first-order valence-electron chi connectivity index (χ1n) is 12.2. The highest BCUT2D eigenvalue weighted by Crippen LogP contribution is 2.36. The van der Waals surface area contributed by atoms with Gasteiger partial charge in [-0.2, -0.15) is 18.3 Å². The number of hydrogen-bond donors (Lipinski definition) is 2. The molecular formula is C29H20F5N5O3. The molecule has 0 radical (unpaired) electrons. The van der Waals surface area contributed by atoms with Crippen LogP contribution in [0, 0.1) is 11.6 Å². The van der Waals surface area contributed by atoms with Crippen LogP contribution in [-0.4, -0.2) is 20.8 Å². The van der Waals surface area contributed by atoms with Gasteiger partial charge in [0.2, 0.25) is 0 Å². The van der Waals surface area contributed by atoms with Gasteiger partial charge < -0.3 is 20.1 Å². The van der Waals surface area contributed by atoms with Crippen LogP contribution >= 0.6 is 0 Å². The number of nitrogens with one attached hydrogen (secondary N) is 2. The maximum atomic E-state index is 14.8. The molecule has 0 unspecified atom stereocenters. The number of hydrogen-bond acceptors (Lipinski definition) is 5. The molecule has 3 aromatic carbocycles. The lowest BCUT2D eigenvalue weighted by atomic mass is 10.1. The van der Waals surface area contributed by atoms with Gasteiger partial charge in [-0.25, -0.2) is 13.6 Å². The van der Waals surface area contributed by atoms with Gasteiger partial charge in [-0.1, -0.05) is 0 Å². The van der Waals surface area contributed by atoms with E-state index in [1.807, 2.05) is 0 Å². The first kappa shape index (κ1) is 28.1. The Kier molecular flexibility index (Phi) is 7.74. The number of nitrogens with zero attached hydrogens (tertiary/aromatic N) is 3. The predicted octanol–water partition coefficient (Wildman–Crippen LogP) is 8.01. The molecule has 5 aromatic rings. The lowest BCUT2D eigenvalue weighted by molar-refractivity contribution is -0.137. The van der Waals surface area contributed by atoms with Crippen molar-refractivity contribution in [2.45, 2.75) is 6.18 Å². The molecule has 0 fully saturated rings. The van der Waals surface area contributed by atoms with E-state index in [-0.39, 0.29) is 28.6 Å². The van der Waals surface area contributed by atoms with Gasteiger partial charge in [-0.15, -0.1) is 0 Å². The number of aromatic nitrogens is 3. The maximum Gasteiger partial charge on any atom is 0.416 e. The summed E-state index contributed by atoms with van der Waals surface area (Å²) in [5.74, 6) is -1.34. The highest BCUT2D eigenvalue weighted by Gasteiger charge is 2.32. The molecule has 42 heavy (non-hydrogen) atoms. The quantitative estimate of drug-likeness (QED) is 0.190. The van der Waals surface area contributed by atoms with Gasteiger partial charge in [0.05, 0.1) is 17.5 Å². The Morgan fingerprint density at radius 1 is 0.833 bits per heavy atom. The number of halogens is 5. The van der Waals surface area contributed by atoms with Gasteiger partial charge in [-0.3, -0.25) is 9.67 Å². The average Bonchev–Trinajstić information content (AvgIpc) is 3.37. The monoisotopic (exact) mass is 581 g/mol. The van der Waals surface area contributed by atoms with E-state index in [1.165, 1.54) is 30.5 Å². The number of amides is 2. The van der Waals surface area contributed by atoms with Crippen LogP contribution in [0.25, 0.3) is 11.3 Å². The van der Waals surface area contributed by atoms with Gasteiger partial charge in [0.25, 0.3) is 0 Å². The Hall–Kier alpha value is -5.46. The summed E-state index contributed by atoms with van der Waals surface area (Å²) in [6.45, 7) is 0. The van der Waals surface area contributed by atoms with Gasteiger partial charge >= 0.3 is 12.2 Å². The number of ether oxygens (including phenoxy) is 2. The fourth-order valence-corrected chi connectivity index (χ4v) is 3.80. The SMILES string of the molecule is Cn1cc(-c2cc(Oc3ccc(NC(=O)Nc4cc(Oc5ccc(F)cc5)cc(C(F)(F)F)c4)cc3F)ccn2)cn1. The van der Waals surface area contributed by atoms with Gasteiger partial charge in [0.15, 0.2) is 11.6 Å². The predicted molar refractivity (Wildman–Crippen MR) is 143 cm³/mol. The van der Waals surface area contributed by atoms with Crippen LogP contribution in [0.3, 0.4) is 0 Å². The van der Waals surface area contributed by atoms with E-state index in [1.54, 1.807) is 36.3 Å². The second kappa shape index (κ2) is 11.6. The molecule has 2 heterocycles. The summed E-state index contributed by atoms with van der Waals surface area (Å²) < 4.78 is 81.1. The molecule has 13 heteroatoms. The van der Waals surface area contributed by atoms with Crippen LogP contribution in [0.2, 0.25) is 0 Å². The summed E-state index contributed by atoms with van der Waals surface area (Å²) in [4.78, 5) is 16.8. The molecule has 8 nitrogen and oxygen atoms in total. The van der Waals surface area contributed by atoms with Crippen LogP contribution < -0.4 is 20.1 Å². The lowest BCUT2D eigenvalue weighted by Crippen LogP contribution is -2.20. The number of rotatable bonds is 7. The smallest absolute Gasteiger partial charge is 0.416 e. The number of alkyl halides is 3. The Balaban J connectivity index is 1.27. The van der Waals surface area contributed by atoms with Gasteiger partial charge in [0, 0.05) is 54.6 Å². The fourth-order valence-electron chi connectivity index (χ4n) is 3.80. The largest absolute Gasteiger partial charge is 0.457 e. The summed E-state index contributed by atoms with van der Waals surface area (Å²) in [6, 6.07) is 13.1. The maximum absolute atomic E-state index is 14.8. The average molecular weight is 582 g/mol. The molecule has 214 valence electrons. The van der Waals surface area contributed by atoms with E-state index < -0.39 is 29.4 Å². The number of aryl methyl sites for hydroxylation is 1. The third-order valence-corrected chi connectivity index (χ3v) is 5.69. The van der Waals surface area contributed by atoms with Crippen LogP contribution in [0.1, 0.15) is 5.56 Å².